The molecule has 1 aliphatic heterocycles. The van der Waals surface area contributed by atoms with E-state index < -0.39 is 0 Å². The van der Waals surface area contributed by atoms with Gasteiger partial charge in [0.2, 0.25) is 5.78 Å². The molecule has 124 valence electrons. The fourth-order valence-corrected chi connectivity index (χ4v) is 3.73. The highest BCUT2D eigenvalue weighted by Gasteiger charge is 2.24. The minimum absolute atomic E-state index is 0.331. The van der Waals surface area contributed by atoms with Gasteiger partial charge in [-0.1, -0.05) is 12.1 Å². The van der Waals surface area contributed by atoms with E-state index in [1.807, 2.05) is 25.3 Å². The molecule has 24 heavy (non-hydrogen) atoms. The molecule has 1 fully saturated rings. The summed E-state index contributed by atoms with van der Waals surface area (Å²) in [6.07, 6.45) is 3.10. The minimum atomic E-state index is 0.331. The molecule has 1 saturated heterocycles. The zero-order valence-corrected chi connectivity index (χ0v) is 14.1. The first-order chi connectivity index (χ1) is 11.6. The molecule has 0 radical (unpaired) electrons. The van der Waals surface area contributed by atoms with Crippen molar-refractivity contribution in [3.8, 4) is 5.75 Å². The number of phenolic OH excluding ortho intramolecular Hbond substituents is 1. The van der Waals surface area contributed by atoms with E-state index in [2.05, 4.69) is 32.3 Å². The van der Waals surface area contributed by atoms with Gasteiger partial charge in [-0.2, -0.15) is 0 Å². The molecule has 3 aromatic rings. The van der Waals surface area contributed by atoms with E-state index in [0.717, 1.165) is 37.5 Å². The third kappa shape index (κ3) is 2.76. The first-order valence-electron chi connectivity index (χ1n) is 8.42. The zero-order valence-electron chi connectivity index (χ0n) is 14.1. The van der Waals surface area contributed by atoms with Gasteiger partial charge in [-0.05, 0) is 56.5 Å². The van der Waals surface area contributed by atoms with Crippen LogP contribution in [0.25, 0.3) is 5.78 Å². The Morgan fingerprint density at radius 2 is 2.00 bits per heavy atom. The second-order valence-electron chi connectivity index (χ2n) is 6.74. The van der Waals surface area contributed by atoms with Gasteiger partial charge in [-0.15, -0.1) is 0 Å². The SMILES string of the molecule is Cc1cc(C)n2c(CN3CCC(c4ccc(O)cc4)C3)cnc2n1. The van der Waals surface area contributed by atoms with Crippen LogP contribution in [0.2, 0.25) is 0 Å². The fourth-order valence-electron chi connectivity index (χ4n) is 3.73. The van der Waals surface area contributed by atoms with Gasteiger partial charge >= 0.3 is 0 Å². The number of hydrogen-bond donors (Lipinski definition) is 1. The van der Waals surface area contributed by atoms with Crippen LogP contribution in [0.5, 0.6) is 5.75 Å². The molecule has 0 bridgehead atoms. The molecule has 1 N–H and O–H groups in total. The average molecular weight is 322 g/mol. The Hall–Kier alpha value is -2.40. The van der Waals surface area contributed by atoms with Crippen LogP contribution in [0.15, 0.2) is 36.5 Å². The molecule has 5 nitrogen and oxygen atoms in total. The maximum atomic E-state index is 9.44. The number of nitrogens with zero attached hydrogens (tertiary/aromatic N) is 4. The van der Waals surface area contributed by atoms with Gasteiger partial charge < -0.3 is 5.11 Å². The van der Waals surface area contributed by atoms with Gasteiger partial charge in [0.15, 0.2) is 0 Å². The van der Waals surface area contributed by atoms with Crippen LogP contribution in [0.3, 0.4) is 0 Å². The van der Waals surface area contributed by atoms with Crippen LogP contribution in [-0.4, -0.2) is 37.5 Å². The standard InChI is InChI=1S/C19H22N4O/c1-13-9-14(2)23-17(10-20-19(23)21-13)12-22-8-7-16(11-22)15-3-5-18(24)6-4-15/h3-6,9-10,16,24H,7-8,11-12H2,1-2H3. The maximum absolute atomic E-state index is 9.44. The Balaban J connectivity index is 1.52. The van der Waals surface area contributed by atoms with E-state index in [1.165, 1.54) is 17.0 Å². The Kier molecular flexibility index (Phi) is 3.73. The smallest absolute Gasteiger partial charge is 0.234 e. The Bertz CT molecular complexity index is 869. The molecule has 0 spiro atoms. The van der Waals surface area contributed by atoms with Crippen LogP contribution in [-0.2, 0) is 6.54 Å². The fraction of sp³-hybridized carbons (Fsp3) is 0.368. The second kappa shape index (κ2) is 5.91. The predicted molar refractivity (Wildman–Crippen MR) is 93.2 cm³/mol. The minimum Gasteiger partial charge on any atom is -0.508 e. The third-order valence-corrected chi connectivity index (χ3v) is 4.89. The lowest BCUT2D eigenvalue weighted by Crippen LogP contribution is -2.21. The molecular weight excluding hydrogens is 300 g/mol. The molecule has 1 aliphatic rings. The summed E-state index contributed by atoms with van der Waals surface area (Å²) in [7, 11) is 0. The molecule has 3 heterocycles. The van der Waals surface area contributed by atoms with Gasteiger partial charge in [0, 0.05) is 24.5 Å². The van der Waals surface area contributed by atoms with Crippen molar-refractivity contribution in [2.24, 2.45) is 0 Å². The number of imidazole rings is 1. The first kappa shape index (κ1) is 15.1. The van der Waals surface area contributed by atoms with Crippen molar-refractivity contribution >= 4 is 5.78 Å². The quantitative estimate of drug-likeness (QED) is 0.805. The molecule has 4 rings (SSSR count). The first-order valence-corrected chi connectivity index (χ1v) is 8.42. The van der Waals surface area contributed by atoms with Gasteiger partial charge in [0.05, 0.1) is 11.9 Å². The normalized spacial score (nSPS) is 18.5. The monoisotopic (exact) mass is 322 g/mol. The number of likely N-dealkylation sites (tertiary alicyclic amines) is 1. The Morgan fingerprint density at radius 1 is 1.21 bits per heavy atom. The topological polar surface area (TPSA) is 53.7 Å². The van der Waals surface area contributed by atoms with Crippen molar-refractivity contribution in [2.45, 2.75) is 32.7 Å². The van der Waals surface area contributed by atoms with Crippen LogP contribution >= 0.6 is 0 Å². The molecule has 1 aromatic carbocycles. The summed E-state index contributed by atoms with van der Waals surface area (Å²) < 4.78 is 2.15. The lowest BCUT2D eigenvalue weighted by atomic mass is 9.98. The lowest BCUT2D eigenvalue weighted by molar-refractivity contribution is 0.321. The molecule has 1 unspecified atom stereocenters. The van der Waals surface area contributed by atoms with Crippen LogP contribution < -0.4 is 0 Å². The van der Waals surface area contributed by atoms with E-state index in [0.29, 0.717) is 11.7 Å². The summed E-state index contributed by atoms with van der Waals surface area (Å²) in [5.41, 5.74) is 4.69. The van der Waals surface area contributed by atoms with Gasteiger partial charge in [0.25, 0.3) is 0 Å². The summed E-state index contributed by atoms with van der Waals surface area (Å²) in [4.78, 5) is 11.5. The largest absolute Gasteiger partial charge is 0.508 e. The highest BCUT2D eigenvalue weighted by Crippen LogP contribution is 2.29. The number of aryl methyl sites for hydroxylation is 2. The summed E-state index contributed by atoms with van der Waals surface area (Å²) in [6.45, 7) is 7.12. The molecule has 0 saturated carbocycles. The molecule has 0 aliphatic carbocycles. The van der Waals surface area contributed by atoms with Crippen LogP contribution in [0, 0.1) is 13.8 Å². The Morgan fingerprint density at radius 3 is 2.79 bits per heavy atom. The number of rotatable bonds is 3. The number of phenols is 1. The lowest BCUT2D eigenvalue weighted by Gasteiger charge is -2.16. The number of fused-ring (bicyclic) bond motifs is 1. The van der Waals surface area contributed by atoms with Gasteiger partial charge in [-0.25, -0.2) is 9.97 Å². The average Bonchev–Trinajstić information content (AvgIpc) is 3.16. The van der Waals surface area contributed by atoms with Crippen molar-refractivity contribution in [3.63, 3.8) is 0 Å². The summed E-state index contributed by atoms with van der Waals surface area (Å²) in [6, 6.07) is 9.73. The Labute approximate surface area is 141 Å². The van der Waals surface area contributed by atoms with Gasteiger partial charge in [-0.3, -0.25) is 9.30 Å². The third-order valence-electron chi connectivity index (χ3n) is 4.89. The van der Waals surface area contributed by atoms with E-state index in [9.17, 15) is 5.11 Å². The summed E-state index contributed by atoms with van der Waals surface area (Å²) in [5.74, 6) is 1.65. The number of hydrogen-bond acceptors (Lipinski definition) is 4. The summed E-state index contributed by atoms with van der Waals surface area (Å²) in [5, 5.41) is 9.44. The number of aromatic hydroxyl groups is 1. The van der Waals surface area contributed by atoms with E-state index in [4.69, 9.17) is 0 Å². The number of benzene rings is 1. The van der Waals surface area contributed by atoms with Crippen LogP contribution in [0.1, 0.15) is 35.0 Å². The highest BCUT2D eigenvalue weighted by atomic mass is 16.3. The van der Waals surface area contributed by atoms with Crippen molar-refractivity contribution < 1.29 is 5.11 Å². The summed E-state index contributed by atoms with van der Waals surface area (Å²) >= 11 is 0. The predicted octanol–water partition coefficient (Wildman–Crippen LogP) is 3.04. The van der Waals surface area contributed by atoms with E-state index in [1.54, 1.807) is 12.1 Å². The molecule has 1 atom stereocenters. The van der Waals surface area contributed by atoms with E-state index >= 15 is 0 Å². The second-order valence-corrected chi connectivity index (χ2v) is 6.74. The van der Waals surface area contributed by atoms with Gasteiger partial charge in [0.1, 0.15) is 5.75 Å². The van der Waals surface area contributed by atoms with Crippen molar-refractivity contribution in [3.05, 3.63) is 59.2 Å². The number of aromatic nitrogens is 3. The molecule has 2 aromatic heterocycles. The molecule has 5 heteroatoms. The van der Waals surface area contributed by atoms with Crippen molar-refractivity contribution in [2.75, 3.05) is 13.1 Å². The maximum Gasteiger partial charge on any atom is 0.234 e. The van der Waals surface area contributed by atoms with Crippen molar-refractivity contribution in [1.82, 2.24) is 19.3 Å². The zero-order chi connectivity index (χ0) is 16.7. The highest BCUT2D eigenvalue weighted by molar-refractivity contribution is 5.35. The van der Waals surface area contributed by atoms with Crippen LogP contribution in [0.4, 0.5) is 0 Å². The molecular formula is C19H22N4O. The molecule has 0 amide bonds. The van der Waals surface area contributed by atoms with E-state index in [-0.39, 0.29) is 0 Å². The van der Waals surface area contributed by atoms with Crippen molar-refractivity contribution in [1.29, 1.82) is 0 Å².